The number of methoxy groups -OCH3 is 1. The summed E-state index contributed by atoms with van der Waals surface area (Å²) in [7, 11) is 1.63. The van der Waals surface area contributed by atoms with Gasteiger partial charge in [-0.25, -0.2) is 4.98 Å². The predicted molar refractivity (Wildman–Crippen MR) is 167 cm³/mol. The third-order valence-corrected chi connectivity index (χ3v) is 8.65. The molecule has 7 nitrogen and oxygen atoms in total. The molecule has 4 aromatic rings. The quantitative estimate of drug-likeness (QED) is 0.257. The molecule has 0 unspecified atom stereocenters. The van der Waals surface area contributed by atoms with Crippen LogP contribution in [-0.4, -0.2) is 28.5 Å². The number of carbonyl (C=O) groups excluding carboxylic acids is 2. The first-order valence-corrected chi connectivity index (χ1v) is 14.6. The number of halogens is 2. The van der Waals surface area contributed by atoms with E-state index in [9.17, 15) is 9.59 Å². The van der Waals surface area contributed by atoms with Crippen molar-refractivity contribution in [3.05, 3.63) is 92.7 Å². The Kier molecular flexibility index (Phi) is 6.48. The number of aryl methyl sites for hydroxylation is 1. The van der Waals surface area contributed by atoms with E-state index in [2.05, 4.69) is 32.2 Å². The van der Waals surface area contributed by atoms with Gasteiger partial charge in [-0.3, -0.25) is 14.5 Å². The number of ether oxygens (including phenoxy) is 1. The fraction of sp³-hybridized carbons (Fsp3) is 0.303. The number of rotatable bonds is 4. The molecule has 6 rings (SSSR count). The lowest BCUT2D eigenvalue weighted by molar-refractivity contribution is -0.119. The standard InChI is InChI=1S/C33H32Cl2N4O3/c1-17(2)38-28-27(37-29(38)22-12-9-19(32(4,5)6)14-26(22)42-7)30(40)39(25-16-21(35)10-8-18(25)3)33(28)23-13-11-20(34)15-24(23)36-31(33)41/h8-17H,1-7H3,(H,36,41)/t33-/m0/s1. The SMILES string of the molecule is COc1cc(C(C)(C)C)ccc1-c1nc2c(n1C(C)C)[C@@]1(C(=O)Nc3cc(Cl)ccc31)N(c1cc(Cl)ccc1C)C2=O. The largest absolute Gasteiger partial charge is 0.496 e. The molecule has 1 spiro atoms. The van der Waals surface area contributed by atoms with Crippen LogP contribution in [0.1, 0.15) is 73.5 Å². The van der Waals surface area contributed by atoms with E-state index in [-0.39, 0.29) is 29.0 Å². The molecule has 2 aliphatic heterocycles. The fourth-order valence-electron chi connectivity index (χ4n) is 6.17. The number of hydrogen-bond acceptors (Lipinski definition) is 4. The van der Waals surface area contributed by atoms with Crippen molar-refractivity contribution in [2.45, 2.75) is 58.5 Å². The first kappa shape index (κ1) is 28.3. The van der Waals surface area contributed by atoms with Crippen LogP contribution in [0.15, 0.2) is 54.6 Å². The second-order valence-corrected chi connectivity index (χ2v) is 13.1. The van der Waals surface area contributed by atoms with Crippen LogP contribution in [0.3, 0.4) is 0 Å². The van der Waals surface area contributed by atoms with Gasteiger partial charge in [0.15, 0.2) is 11.2 Å². The van der Waals surface area contributed by atoms with Crippen molar-refractivity contribution >= 4 is 46.4 Å². The smallest absolute Gasteiger partial charge is 0.280 e. The lowest BCUT2D eigenvalue weighted by Crippen LogP contribution is -2.51. The number of carbonyl (C=O) groups is 2. The summed E-state index contributed by atoms with van der Waals surface area (Å²) in [6.45, 7) is 12.3. The number of anilines is 2. The molecule has 9 heteroatoms. The second-order valence-electron chi connectivity index (χ2n) is 12.2. The minimum Gasteiger partial charge on any atom is -0.496 e. The zero-order valence-corrected chi connectivity index (χ0v) is 26.1. The molecular weight excluding hydrogens is 571 g/mol. The van der Waals surface area contributed by atoms with E-state index in [1.54, 1.807) is 42.3 Å². The first-order chi connectivity index (χ1) is 19.8. The van der Waals surface area contributed by atoms with Gasteiger partial charge in [0.25, 0.3) is 11.8 Å². The average Bonchev–Trinajstić information content (AvgIpc) is 3.53. The lowest BCUT2D eigenvalue weighted by atomic mass is 9.86. The molecule has 1 aromatic heterocycles. The van der Waals surface area contributed by atoms with E-state index in [0.29, 0.717) is 44.3 Å². The number of aromatic nitrogens is 2. The highest BCUT2D eigenvalue weighted by molar-refractivity contribution is 6.32. The molecule has 0 saturated carbocycles. The summed E-state index contributed by atoms with van der Waals surface area (Å²) in [5.41, 5.74) is 3.39. The molecule has 3 heterocycles. The molecule has 216 valence electrons. The van der Waals surface area contributed by atoms with E-state index in [1.807, 2.05) is 43.5 Å². The molecule has 1 atom stereocenters. The summed E-state index contributed by atoms with van der Waals surface area (Å²) < 4.78 is 7.86. The van der Waals surface area contributed by atoms with Crippen LogP contribution in [-0.2, 0) is 15.7 Å². The first-order valence-electron chi connectivity index (χ1n) is 13.8. The number of fused-ring (bicyclic) bond motifs is 4. The fourth-order valence-corrected chi connectivity index (χ4v) is 6.51. The van der Waals surface area contributed by atoms with E-state index in [1.165, 1.54) is 0 Å². The van der Waals surface area contributed by atoms with Crippen molar-refractivity contribution < 1.29 is 14.3 Å². The molecule has 42 heavy (non-hydrogen) atoms. The molecule has 2 amide bonds. The normalized spacial score (nSPS) is 17.7. The van der Waals surface area contributed by atoms with E-state index in [4.69, 9.17) is 32.9 Å². The van der Waals surface area contributed by atoms with Gasteiger partial charge in [0.1, 0.15) is 11.6 Å². The summed E-state index contributed by atoms with van der Waals surface area (Å²) >= 11 is 12.8. The third kappa shape index (κ3) is 3.90. The Morgan fingerprint density at radius 3 is 2.33 bits per heavy atom. The summed E-state index contributed by atoms with van der Waals surface area (Å²) in [5, 5.41) is 3.94. The summed E-state index contributed by atoms with van der Waals surface area (Å²) in [6, 6.07) is 16.5. The highest BCUT2D eigenvalue weighted by Gasteiger charge is 2.64. The Labute approximate surface area is 255 Å². The van der Waals surface area contributed by atoms with E-state index in [0.717, 1.165) is 16.7 Å². The van der Waals surface area contributed by atoms with Gasteiger partial charge in [-0.15, -0.1) is 0 Å². The maximum absolute atomic E-state index is 14.6. The summed E-state index contributed by atoms with van der Waals surface area (Å²) in [6.07, 6.45) is 0. The molecule has 3 aromatic carbocycles. The number of nitrogens with zero attached hydrogens (tertiary/aromatic N) is 3. The minimum absolute atomic E-state index is 0.0939. The number of hydrogen-bond donors (Lipinski definition) is 1. The number of nitrogens with one attached hydrogen (secondary N) is 1. The monoisotopic (exact) mass is 602 g/mol. The van der Waals surface area contributed by atoms with Crippen molar-refractivity contribution in [2.24, 2.45) is 0 Å². The van der Waals surface area contributed by atoms with Crippen molar-refractivity contribution in [3.63, 3.8) is 0 Å². The van der Waals surface area contributed by atoms with Gasteiger partial charge < -0.3 is 14.6 Å². The zero-order valence-electron chi connectivity index (χ0n) is 24.6. The molecule has 0 aliphatic carbocycles. The zero-order chi connectivity index (χ0) is 30.3. The van der Waals surface area contributed by atoms with Crippen LogP contribution in [0.5, 0.6) is 5.75 Å². The number of benzene rings is 3. The molecule has 0 saturated heterocycles. The molecule has 0 bridgehead atoms. The minimum atomic E-state index is -1.55. The Balaban J connectivity index is 1.71. The molecule has 0 radical (unpaired) electrons. The summed E-state index contributed by atoms with van der Waals surface area (Å²) in [5.74, 6) is 0.437. The molecule has 2 aliphatic rings. The Hall–Kier alpha value is -3.81. The maximum Gasteiger partial charge on any atom is 0.280 e. The van der Waals surface area contributed by atoms with Gasteiger partial charge in [0.05, 0.1) is 24.1 Å². The van der Waals surface area contributed by atoms with Crippen molar-refractivity contribution in [1.29, 1.82) is 0 Å². The van der Waals surface area contributed by atoms with Crippen LogP contribution in [0.4, 0.5) is 11.4 Å². The van der Waals surface area contributed by atoms with Crippen LogP contribution >= 0.6 is 23.2 Å². The van der Waals surface area contributed by atoms with Gasteiger partial charge in [-0.1, -0.05) is 62.2 Å². The molecular formula is C33H32Cl2N4O3. The lowest BCUT2D eigenvalue weighted by Gasteiger charge is -2.36. The van der Waals surface area contributed by atoms with Crippen LogP contribution in [0.2, 0.25) is 10.0 Å². The van der Waals surface area contributed by atoms with Gasteiger partial charge >= 0.3 is 0 Å². The van der Waals surface area contributed by atoms with E-state index < -0.39 is 5.54 Å². The molecule has 1 N–H and O–H groups in total. The van der Waals surface area contributed by atoms with Gasteiger partial charge in [0, 0.05) is 27.3 Å². The Morgan fingerprint density at radius 1 is 0.976 bits per heavy atom. The van der Waals surface area contributed by atoms with Crippen LogP contribution in [0.25, 0.3) is 11.4 Å². The highest BCUT2D eigenvalue weighted by Crippen LogP contribution is 2.55. The predicted octanol–water partition coefficient (Wildman–Crippen LogP) is 7.91. The highest BCUT2D eigenvalue weighted by atomic mass is 35.5. The van der Waals surface area contributed by atoms with Crippen LogP contribution < -0.4 is 15.0 Å². The second kappa shape index (κ2) is 9.61. The van der Waals surface area contributed by atoms with Gasteiger partial charge in [-0.05, 0) is 73.7 Å². The van der Waals surface area contributed by atoms with Crippen molar-refractivity contribution in [2.75, 3.05) is 17.3 Å². The van der Waals surface area contributed by atoms with Gasteiger partial charge in [-0.2, -0.15) is 0 Å². The Bertz CT molecular complexity index is 1800. The molecule has 0 fully saturated rings. The van der Waals surface area contributed by atoms with Crippen molar-refractivity contribution in [3.8, 4) is 17.1 Å². The number of amides is 2. The number of imidazole rings is 1. The van der Waals surface area contributed by atoms with Gasteiger partial charge in [0.2, 0.25) is 0 Å². The third-order valence-electron chi connectivity index (χ3n) is 8.18. The Morgan fingerprint density at radius 2 is 1.67 bits per heavy atom. The van der Waals surface area contributed by atoms with E-state index >= 15 is 0 Å². The maximum atomic E-state index is 14.6. The topological polar surface area (TPSA) is 76.5 Å². The van der Waals surface area contributed by atoms with Crippen molar-refractivity contribution in [1.82, 2.24) is 9.55 Å². The van der Waals surface area contributed by atoms with Crippen LogP contribution in [0, 0.1) is 6.92 Å². The summed E-state index contributed by atoms with van der Waals surface area (Å²) in [4.78, 5) is 35.5. The average molecular weight is 604 g/mol.